The third-order valence-corrected chi connectivity index (χ3v) is 5.11. The van der Waals surface area contributed by atoms with Gasteiger partial charge in [-0.05, 0) is 30.4 Å². The molecule has 4 heteroatoms. The van der Waals surface area contributed by atoms with Crippen LogP contribution in [0.3, 0.4) is 0 Å². The molecule has 98 valence electrons. The van der Waals surface area contributed by atoms with Crippen LogP contribution in [-0.2, 0) is 4.79 Å². The Hall–Kier alpha value is -0.220. The number of hydrogen-bond acceptors (Lipinski definition) is 3. The topological polar surface area (TPSA) is 40.5 Å². The number of carbonyl (C=O) groups is 1. The molecule has 0 radical (unpaired) electrons. The lowest BCUT2D eigenvalue weighted by atomic mass is 9.81. The lowest BCUT2D eigenvalue weighted by Crippen LogP contribution is -2.50. The van der Waals surface area contributed by atoms with Crippen molar-refractivity contribution in [2.45, 2.75) is 51.6 Å². The van der Waals surface area contributed by atoms with Gasteiger partial charge in [0.05, 0.1) is 6.42 Å². The molecule has 1 aliphatic carbocycles. The van der Waals surface area contributed by atoms with E-state index in [9.17, 15) is 4.79 Å². The zero-order valence-electron chi connectivity index (χ0n) is 10.8. The zero-order valence-corrected chi connectivity index (χ0v) is 11.6. The van der Waals surface area contributed by atoms with Gasteiger partial charge in [-0.25, -0.2) is 0 Å². The summed E-state index contributed by atoms with van der Waals surface area (Å²) >= 11 is 2.02. The summed E-state index contributed by atoms with van der Waals surface area (Å²) < 4.78 is 0. The van der Waals surface area contributed by atoms with Crippen molar-refractivity contribution in [3.63, 3.8) is 0 Å². The molecule has 3 nitrogen and oxygen atoms in total. The summed E-state index contributed by atoms with van der Waals surface area (Å²) in [5.74, 6) is 1.75. The van der Waals surface area contributed by atoms with E-state index in [4.69, 9.17) is 5.11 Å². The third-order valence-electron chi connectivity index (χ3n) is 4.07. The maximum absolute atomic E-state index is 10.8. The molecule has 17 heavy (non-hydrogen) atoms. The van der Waals surface area contributed by atoms with Gasteiger partial charge in [-0.15, -0.1) is 0 Å². The molecule has 1 N–H and O–H groups in total. The number of aliphatic carboxylic acids is 1. The van der Waals surface area contributed by atoms with Crippen molar-refractivity contribution < 1.29 is 9.90 Å². The van der Waals surface area contributed by atoms with Gasteiger partial charge in [0.15, 0.2) is 0 Å². The minimum Gasteiger partial charge on any atom is -0.481 e. The van der Waals surface area contributed by atoms with Crippen LogP contribution in [0, 0.1) is 5.41 Å². The third kappa shape index (κ3) is 3.38. The molecular formula is C13H23NO2S. The Morgan fingerprint density at radius 1 is 1.47 bits per heavy atom. The molecule has 2 rings (SSSR count). The van der Waals surface area contributed by atoms with Crippen LogP contribution in [0.5, 0.6) is 0 Å². The largest absolute Gasteiger partial charge is 0.481 e. The first-order valence-electron chi connectivity index (χ1n) is 6.56. The molecule has 0 bridgehead atoms. The molecular weight excluding hydrogens is 234 g/mol. The normalized spacial score (nSPS) is 28.3. The van der Waals surface area contributed by atoms with Crippen molar-refractivity contribution in [2.75, 3.05) is 18.1 Å². The first kappa shape index (κ1) is 13.2. The van der Waals surface area contributed by atoms with E-state index < -0.39 is 5.97 Å². The van der Waals surface area contributed by atoms with Crippen LogP contribution in [0.2, 0.25) is 0 Å². The van der Waals surface area contributed by atoms with Gasteiger partial charge in [-0.2, -0.15) is 11.8 Å². The fourth-order valence-corrected chi connectivity index (χ4v) is 4.39. The van der Waals surface area contributed by atoms with Crippen LogP contribution in [0.4, 0.5) is 0 Å². The summed E-state index contributed by atoms with van der Waals surface area (Å²) in [7, 11) is 0. The van der Waals surface area contributed by atoms with Gasteiger partial charge in [-0.3, -0.25) is 9.69 Å². The molecule has 1 saturated carbocycles. The number of hydrogen-bond donors (Lipinski definition) is 1. The second-order valence-electron chi connectivity index (χ2n) is 5.94. The smallest absolute Gasteiger partial charge is 0.304 e. The van der Waals surface area contributed by atoms with E-state index in [-0.39, 0.29) is 6.42 Å². The van der Waals surface area contributed by atoms with Crippen LogP contribution < -0.4 is 0 Å². The van der Waals surface area contributed by atoms with Gasteiger partial charge in [0.25, 0.3) is 0 Å². The molecule has 2 aliphatic rings. The zero-order chi connectivity index (χ0) is 12.5. The second kappa shape index (κ2) is 5.19. The Kier molecular flexibility index (Phi) is 4.03. The Bertz CT molecular complexity index is 289. The van der Waals surface area contributed by atoms with Gasteiger partial charge in [0.1, 0.15) is 0 Å². The van der Waals surface area contributed by atoms with Crippen LogP contribution in [0.1, 0.15) is 39.5 Å². The molecule has 1 atom stereocenters. The van der Waals surface area contributed by atoms with E-state index in [1.807, 2.05) is 11.8 Å². The van der Waals surface area contributed by atoms with Crippen molar-refractivity contribution in [1.82, 2.24) is 4.90 Å². The van der Waals surface area contributed by atoms with E-state index in [0.29, 0.717) is 17.5 Å². The minimum atomic E-state index is -0.670. The molecule has 1 unspecified atom stereocenters. The van der Waals surface area contributed by atoms with Crippen molar-refractivity contribution in [3.8, 4) is 0 Å². The first-order valence-corrected chi connectivity index (χ1v) is 7.71. The predicted octanol–water partition coefficient (Wildman–Crippen LogP) is 2.46. The van der Waals surface area contributed by atoms with E-state index >= 15 is 0 Å². The molecule has 0 aromatic heterocycles. The van der Waals surface area contributed by atoms with Gasteiger partial charge in [-0.1, -0.05) is 13.8 Å². The highest BCUT2D eigenvalue weighted by Crippen LogP contribution is 2.41. The fourth-order valence-electron chi connectivity index (χ4n) is 2.69. The number of nitrogens with zero attached hydrogens (tertiary/aromatic N) is 1. The molecule has 1 saturated heterocycles. The predicted molar refractivity (Wildman–Crippen MR) is 71.5 cm³/mol. The summed E-state index contributed by atoms with van der Waals surface area (Å²) in [4.78, 5) is 13.2. The summed E-state index contributed by atoms with van der Waals surface area (Å²) in [6, 6.07) is 1.23. The van der Waals surface area contributed by atoms with Crippen molar-refractivity contribution in [2.24, 2.45) is 5.41 Å². The monoisotopic (exact) mass is 257 g/mol. The van der Waals surface area contributed by atoms with Crippen molar-refractivity contribution in [1.29, 1.82) is 0 Å². The summed E-state index contributed by atoms with van der Waals surface area (Å²) in [6.07, 6.45) is 4.06. The van der Waals surface area contributed by atoms with Gasteiger partial charge < -0.3 is 5.11 Å². The second-order valence-corrected chi connectivity index (χ2v) is 7.09. The lowest BCUT2D eigenvalue weighted by Gasteiger charge is -2.45. The number of carboxylic acids is 1. The van der Waals surface area contributed by atoms with Crippen molar-refractivity contribution in [3.05, 3.63) is 0 Å². The average molecular weight is 257 g/mol. The van der Waals surface area contributed by atoms with Crippen molar-refractivity contribution >= 4 is 17.7 Å². The van der Waals surface area contributed by atoms with Gasteiger partial charge >= 0.3 is 5.97 Å². The van der Waals surface area contributed by atoms with Crippen LogP contribution in [0.15, 0.2) is 0 Å². The highest BCUT2D eigenvalue weighted by atomic mass is 32.2. The SMILES string of the molecule is CC1(C)CCSCC1N(CCC(=O)O)C1CC1. The first-order chi connectivity index (χ1) is 8.00. The molecule has 0 spiro atoms. The van der Waals surface area contributed by atoms with E-state index in [0.717, 1.165) is 6.54 Å². The van der Waals surface area contributed by atoms with E-state index in [1.54, 1.807) is 0 Å². The standard InChI is InChI=1S/C13H23NO2S/c1-13(2)6-8-17-9-11(13)14(10-3-4-10)7-5-12(15)16/h10-11H,3-9H2,1-2H3,(H,15,16). The molecule has 2 fully saturated rings. The Labute approximate surface area is 108 Å². The Morgan fingerprint density at radius 3 is 2.71 bits per heavy atom. The number of carboxylic acid groups (broad SMARTS) is 1. The van der Waals surface area contributed by atoms with Crippen LogP contribution >= 0.6 is 11.8 Å². The summed E-state index contributed by atoms with van der Waals surface area (Å²) in [6.45, 7) is 5.41. The average Bonchev–Trinajstić information content (AvgIpc) is 3.03. The highest BCUT2D eigenvalue weighted by Gasteiger charge is 2.42. The van der Waals surface area contributed by atoms with E-state index in [2.05, 4.69) is 18.7 Å². The van der Waals surface area contributed by atoms with Gasteiger partial charge in [0, 0.05) is 24.4 Å². The fraction of sp³-hybridized carbons (Fsp3) is 0.923. The maximum Gasteiger partial charge on any atom is 0.304 e. The number of thioether (sulfide) groups is 1. The highest BCUT2D eigenvalue weighted by molar-refractivity contribution is 7.99. The molecule has 0 aromatic rings. The number of rotatable bonds is 5. The molecule has 0 amide bonds. The minimum absolute atomic E-state index is 0.285. The molecule has 1 aliphatic heterocycles. The Morgan fingerprint density at radius 2 is 2.18 bits per heavy atom. The lowest BCUT2D eigenvalue weighted by molar-refractivity contribution is -0.137. The molecule has 1 heterocycles. The molecule has 0 aromatic carbocycles. The maximum atomic E-state index is 10.8. The van der Waals surface area contributed by atoms with Gasteiger partial charge in [0.2, 0.25) is 0 Å². The Balaban J connectivity index is 2.00. The summed E-state index contributed by atoms with van der Waals surface area (Å²) in [5, 5.41) is 8.86. The summed E-state index contributed by atoms with van der Waals surface area (Å²) in [5.41, 5.74) is 0.340. The van der Waals surface area contributed by atoms with Crippen LogP contribution in [0.25, 0.3) is 0 Å². The quantitative estimate of drug-likeness (QED) is 0.821. The van der Waals surface area contributed by atoms with Crippen LogP contribution in [-0.4, -0.2) is 46.1 Å². The van der Waals surface area contributed by atoms with E-state index in [1.165, 1.54) is 30.8 Å².